The van der Waals surface area contributed by atoms with Crippen molar-refractivity contribution in [3.05, 3.63) is 64.2 Å². The smallest absolute Gasteiger partial charge is 0.224 e. The second kappa shape index (κ2) is 8.19. The molecule has 134 valence electrons. The monoisotopic (exact) mass is 339 g/mol. The van der Waals surface area contributed by atoms with Gasteiger partial charge in [0.2, 0.25) is 5.91 Å². The molecule has 0 radical (unpaired) electrons. The van der Waals surface area contributed by atoms with Crippen LogP contribution in [0.2, 0.25) is 0 Å². The molecule has 1 N–H and O–H groups in total. The molecule has 2 aromatic carbocycles. The molecule has 3 nitrogen and oxygen atoms in total. The SMILES string of the molecule is COc1cc(C)c(C(C)NC(=O)Cc2ccc(C)cc2)cc1C(C)C. The Hall–Kier alpha value is -2.29. The molecule has 0 aliphatic rings. The van der Waals surface area contributed by atoms with Gasteiger partial charge >= 0.3 is 0 Å². The molecule has 0 aliphatic carbocycles. The van der Waals surface area contributed by atoms with Crippen molar-refractivity contribution in [2.75, 3.05) is 7.11 Å². The number of benzene rings is 2. The van der Waals surface area contributed by atoms with Crippen LogP contribution in [0.5, 0.6) is 5.75 Å². The second-order valence-electron chi connectivity index (χ2n) is 7.06. The van der Waals surface area contributed by atoms with E-state index in [-0.39, 0.29) is 11.9 Å². The summed E-state index contributed by atoms with van der Waals surface area (Å²) in [5.41, 5.74) is 5.67. The van der Waals surface area contributed by atoms with E-state index in [0.29, 0.717) is 12.3 Å². The second-order valence-corrected chi connectivity index (χ2v) is 7.06. The first-order valence-electron chi connectivity index (χ1n) is 8.85. The van der Waals surface area contributed by atoms with E-state index in [1.54, 1.807) is 7.11 Å². The molecular weight excluding hydrogens is 310 g/mol. The van der Waals surface area contributed by atoms with Gasteiger partial charge in [0.05, 0.1) is 19.6 Å². The lowest BCUT2D eigenvalue weighted by atomic mass is 9.93. The Morgan fingerprint density at radius 1 is 1.04 bits per heavy atom. The molecule has 0 saturated carbocycles. The van der Waals surface area contributed by atoms with Gasteiger partial charge < -0.3 is 10.1 Å². The van der Waals surface area contributed by atoms with E-state index >= 15 is 0 Å². The van der Waals surface area contributed by atoms with Crippen LogP contribution in [0.3, 0.4) is 0 Å². The Morgan fingerprint density at radius 2 is 1.68 bits per heavy atom. The molecule has 1 amide bonds. The van der Waals surface area contributed by atoms with Gasteiger partial charge in [0.1, 0.15) is 5.75 Å². The lowest BCUT2D eigenvalue weighted by Gasteiger charge is -2.21. The van der Waals surface area contributed by atoms with Crippen LogP contribution < -0.4 is 10.1 Å². The van der Waals surface area contributed by atoms with Crippen LogP contribution in [0, 0.1) is 13.8 Å². The minimum absolute atomic E-state index is 0.0395. The number of amides is 1. The average Bonchev–Trinajstić information content (AvgIpc) is 2.56. The summed E-state index contributed by atoms with van der Waals surface area (Å²) >= 11 is 0. The zero-order valence-electron chi connectivity index (χ0n) is 16.1. The van der Waals surface area contributed by atoms with Crippen molar-refractivity contribution in [2.45, 2.75) is 53.0 Å². The number of nitrogens with one attached hydrogen (secondary N) is 1. The van der Waals surface area contributed by atoms with Crippen molar-refractivity contribution < 1.29 is 9.53 Å². The van der Waals surface area contributed by atoms with Crippen LogP contribution in [0.4, 0.5) is 0 Å². The standard InChI is InChI=1S/C22H29NO2/c1-14(2)19-13-20(16(4)11-21(19)25-6)17(5)23-22(24)12-18-9-7-15(3)8-10-18/h7-11,13-14,17H,12H2,1-6H3,(H,23,24). The van der Waals surface area contributed by atoms with E-state index in [9.17, 15) is 4.79 Å². The van der Waals surface area contributed by atoms with Gasteiger partial charge in [-0.2, -0.15) is 0 Å². The van der Waals surface area contributed by atoms with Crippen LogP contribution in [-0.2, 0) is 11.2 Å². The lowest BCUT2D eigenvalue weighted by Crippen LogP contribution is -2.28. The predicted octanol–water partition coefficient (Wildman–Crippen LogP) is 4.86. The number of carbonyl (C=O) groups is 1. The minimum atomic E-state index is -0.0404. The summed E-state index contributed by atoms with van der Waals surface area (Å²) in [4.78, 5) is 12.4. The number of ether oxygens (including phenoxy) is 1. The number of methoxy groups -OCH3 is 1. The summed E-state index contributed by atoms with van der Waals surface area (Å²) in [7, 11) is 1.70. The normalized spacial score (nSPS) is 12.1. The molecule has 0 aliphatic heterocycles. The van der Waals surface area contributed by atoms with Crippen molar-refractivity contribution in [3.8, 4) is 5.75 Å². The summed E-state index contributed by atoms with van der Waals surface area (Å²) in [6.45, 7) is 10.4. The molecule has 0 heterocycles. The molecule has 2 aromatic rings. The Balaban J connectivity index is 2.14. The van der Waals surface area contributed by atoms with E-state index in [1.807, 2.05) is 38.1 Å². The van der Waals surface area contributed by atoms with E-state index in [1.165, 1.54) is 11.1 Å². The lowest BCUT2D eigenvalue weighted by molar-refractivity contribution is -0.121. The fraction of sp³-hybridized carbons (Fsp3) is 0.409. The quantitative estimate of drug-likeness (QED) is 0.816. The van der Waals surface area contributed by atoms with Crippen molar-refractivity contribution in [3.63, 3.8) is 0 Å². The molecule has 0 spiro atoms. The number of carbonyl (C=O) groups excluding carboxylic acids is 1. The number of hydrogen-bond donors (Lipinski definition) is 1. The summed E-state index contributed by atoms with van der Waals surface area (Å²) in [5.74, 6) is 1.32. The Labute approximate surface area is 151 Å². The molecule has 25 heavy (non-hydrogen) atoms. The largest absolute Gasteiger partial charge is 0.496 e. The Morgan fingerprint density at radius 3 is 2.24 bits per heavy atom. The first-order valence-corrected chi connectivity index (χ1v) is 8.85. The van der Waals surface area contributed by atoms with Gasteiger partial charge in [0, 0.05) is 0 Å². The molecule has 1 atom stereocenters. The Kier molecular flexibility index (Phi) is 6.24. The van der Waals surface area contributed by atoms with E-state index in [4.69, 9.17) is 4.74 Å². The number of hydrogen-bond acceptors (Lipinski definition) is 2. The van der Waals surface area contributed by atoms with Crippen molar-refractivity contribution in [1.82, 2.24) is 5.32 Å². The fourth-order valence-electron chi connectivity index (χ4n) is 3.07. The fourth-order valence-corrected chi connectivity index (χ4v) is 3.07. The first kappa shape index (κ1) is 19.0. The van der Waals surface area contributed by atoms with E-state index < -0.39 is 0 Å². The summed E-state index contributed by atoms with van der Waals surface area (Å²) in [5, 5.41) is 3.12. The van der Waals surface area contributed by atoms with Crippen LogP contribution in [0.1, 0.15) is 60.5 Å². The van der Waals surface area contributed by atoms with Crippen molar-refractivity contribution in [2.24, 2.45) is 0 Å². The average molecular weight is 339 g/mol. The van der Waals surface area contributed by atoms with Gasteiger partial charge in [0.15, 0.2) is 0 Å². The van der Waals surface area contributed by atoms with Crippen LogP contribution in [0.25, 0.3) is 0 Å². The topological polar surface area (TPSA) is 38.3 Å². The van der Waals surface area contributed by atoms with E-state index in [0.717, 1.165) is 22.4 Å². The number of aryl methyl sites for hydroxylation is 2. The van der Waals surface area contributed by atoms with Gasteiger partial charge in [-0.05, 0) is 61.1 Å². The Bertz CT molecular complexity index is 732. The molecule has 0 fully saturated rings. The minimum Gasteiger partial charge on any atom is -0.496 e. The van der Waals surface area contributed by atoms with Crippen LogP contribution in [-0.4, -0.2) is 13.0 Å². The highest BCUT2D eigenvalue weighted by molar-refractivity contribution is 5.79. The maximum Gasteiger partial charge on any atom is 0.224 e. The zero-order valence-corrected chi connectivity index (χ0v) is 16.1. The van der Waals surface area contributed by atoms with Gasteiger partial charge in [-0.3, -0.25) is 4.79 Å². The highest BCUT2D eigenvalue weighted by atomic mass is 16.5. The predicted molar refractivity (Wildman–Crippen MR) is 103 cm³/mol. The van der Waals surface area contributed by atoms with Crippen LogP contribution in [0.15, 0.2) is 36.4 Å². The first-order chi connectivity index (χ1) is 11.8. The van der Waals surface area contributed by atoms with Gasteiger partial charge in [0.25, 0.3) is 0 Å². The molecule has 1 unspecified atom stereocenters. The van der Waals surface area contributed by atoms with E-state index in [2.05, 4.69) is 38.2 Å². The molecule has 2 rings (SSSR count). The maximum atomic E-state index is 12.4. The highest BCUT2D eigenvalue weighted by Crippen LogP contribution is 2.32. The van der Waals surface area contributed by atoms with Crippen molar-refractivity contribution >= 4 is 5.91 Å². The van der Waals surface area contributed by atoms with Gasteiger partial charge in [-0.15, -0.1) is 0 Å². The third-order valence-electron chi connectivity index (χ3n) is 4.57. The molecule has 0 aromatic heterocycles. The van der Waals surface area contributed by atoms with Gasteiger partial charge in [-0.25, -0.2) is 0 Å². The van der Waals surface area contributed by atoms with Crippen molar-refractivity contribution in [1.29, 1.82) is 0 Å². The van der Waals surface area contributed by atoms with Gasteiger partial charge in [-0.1, -0.05) is 43.7 Å². The molecular formula is C22H29NO2. The number of rotatable bonds is 6. The zero-order chi connectivity index (χ0) is 18.6. The molecule has 0 bridgehead atoms. The summed E-state index contributed by atoms with van der Waals surface area (Å²) in [6.07, 6.45) is 0.400. The summed E-state index contributed by atoms with van der Waals surface area (Å²) < 4.78 is 5.50. The third-order valence-corrected chi connectivity index (χ3v) is 4.57. The summed E-state index contributed by atoms with van der Waals surface area (Å²) in [6, 6.07) is 12.3. The molecule has 3 heteroatoms. The third kappa shape index (κ3) is 4.85. The van der Waals surface area contributed by atoms with Crippen LogP contribution >= 0.6 is 0 Å². The molecule has 0 saturated heterocycles. The highest BCUT2D eigenvalue weighted by Gasteiger charge is 2.17. The maximum absolute atomic E-state index is 12.4.